The van der Waals surface area contributed by atoms with E-state index in [1.165, 1.54) is 36.8 Å². The highest BCUT2D eigenvalue weighted by atomic mass is 16.5. The summed E-state index contributed by atoms with van der Waals surface area (Å²) in [5.41, 5.74) is 6.08. The second-order valence-electron chi connectivity index (χ2n) is 8.26. The van der Waals surface area contributed by atoms with Gasteiger partial charge in [0.05, 0.1) is 5.69 Å². The maximum absolute atomic E-state index is 6.26. The van der Waals surface area contributed by atoms with E-state index in [-0.39, 0.29) is 0 Å². The SMILES string of the molecule is Cc1ccc(COc2nn3c(-c4ccccc4)nnc3c3c2C2CCC3CC2)nn1. The first kappa shape index (κ1) is 17.5. The molecular weight excluding hydrogens is 376 g/mol. The molecule has 1 fully saturated rings. The number of rotatable bonds is 4. The Bertz CT molecular complexity index is 1210. The summed E-state index contributed by atoms with van der Waals surface area (Å²) in [6, 6.07) is 14.0. The molecule has 3 heterocycles. The number of hydrogen-bond acceptors (Lipinski definition) is 6. The van der Waals surface area contributed by atoms with Crippen LogP contribution in [0.15, 0.2) is 42.5 Å². The van der Waals surface area contributed by atoms with Crippen LogP contribution in [0.5, 0.6) is 5.88 Å². The lowest BCUT2D eigenvalue weighted by Gasteiger charge is -2.38. The molecule has 1 saturated carbocycles. The van der Waals surface area contributed by atoms with E-state index < -0.39 is 0 Å². The summed E-state index contributed by atoms with van der Waals surface area (Å²) >= 11 is 0. The lowest BCUT2D eigenvalue weighted by Crippen LogP contribution is -2.25. The van der Waals surface area contributed by atoms with E-state index in [9.17, 15) is 0 Å². The largest absolute Gasteiger partial charge is 0.470 e. The molecule has 3 aromatic heterocycles. The Kier molecular flexibility index (Phi) is 4.00. The Labute approximate surface area is 174 Å². The van der Waals surface area contributed by atoms with Gasteiger partial charge in [0, 0.05) is 16.7 Å². The second kappa shape index (κ2) is 6.86. The zero-order valence-electron chi connectivity index (χ0n) is 16.8. The van der Waals surface area contributed by atoms with Gasteiger partial charge >= 0.3 is 0 Å². The number of benzene rings is 1. The van der Waals surface area contributed by atoms with Crippen molar-refractivity contribution in [2.24, 2.45) is 0 Å². The monoisotopic (exact) mass is 398 g/mol. The Morgan fingerprint density at radius 1 is 0.867 bits per heavy atom. The first-order valence-corrected chi connectivity index (χ1v) is 10.5. The van der Waals surface area contributed by atoms with Crippen LogP contribution >= 0.6 is 0 Å². The van der Waals surface area contributed by atoms with Crippen LogP contribution in [-0.4, -0.2) is 30.0 Å². The fourth-order valence-corrected chi connectivity index (χ4v) is 4.91. The van der Waals surface area contributed by atoms with Crippen molar-refractivity contribution in [1.82, 2.24) is 30.0 Å². The minimum atomic E-state index is 0.346. The average molecular weight is 398 g/mol. The van der Waals surface area contributed by atoms with Crippen molar-refractivity contribution < 1.29 is 4.74 Å². The van der Waals surface area contributed by atoms with Gasteiger partial charge in [0.2, 0.25) is 5.88 Å². The molecule has 0 radical (unpaired) electrons. The van der Waals surface area contributed by atoms with E-state index in [1.807, 2.05) is 53.9 Å². The number of aromatic nitrogens is 6. The number of hydrogen-bond donors (Lipinski definition) is 0. The van der Waals surface area contributed by atoms with Crippen molar-refractivity contribution in [3.8, 4) is 17.3 Å². The molecule has 0 N–H and O–H groups in total. The van der Waals surface area contributed by atoms with Crippen LogP contribution in [0.2, 0.25) is 0 Å². The first-order valence-electron chi connectivity index (χ1n) is 10.5. The van der Waals surface area contributed by atoms with Gasteiger partial charge in [0.15, 0.2) is 11.5 Å². The topological polar surface area (TPSA) is 78.1 Å². The number of nitrogens with zero attached hydrogens (tertiary/aromatic N) is 6. The van der Waals surface area contributed by atoms with E-state index >= 15 is 0 Å². The lowest BCUT2D eigenvalue weighted by molar-refractivity contribution is 0.264. The average Bonchev–Trinajstić information content (AvgIpc) is 3.24. The molecule has 0 saturated heterocycles. The van der Waals surface area contributed by atoms with Crippen LogP contribution in [-0.2, 0) is 6.61 Å². The normalized spacial score (nSPS) is 19.8. The molecule has 0 unspecified atom stereocenters. The summed E-state index contributed by atoms with van der Waals surface area (Å²) in [5, 5.41) is 22.3. The quantitative estimate of drug-likeness (QED) is 0.512. The summed E-state index contributed by atoms with van der Waals surface area (Å²) in [6.45, 7) is 2.27. The van der Waals surface area contributed by atoms with Gasteiger partial charge in [0.25, 0.3) is 0 Å². The van der Waals surface area contributed by atoms with Gasteiger partial charge < -0.3 is 4.74 Å². The third-order valence-electron chi connectivity index (χ3n) is 6.38. The van der Waals surface area contributed by atoms with Crippen LogP contribution in [0.3, 0.4) is 0 Å². The molecule has 4 aromatic rings. The molecule has 3 aliphatic rings. The van der Waals surface area contributed by atoms with Gasteiger partial charge in [-0.1, -0.05) is 30.3 Å². The zero-order valence-corrected chi connectivity index (χ0v) is 16.8. The minimum absolute atomic E-state index is 0.346. The van der Waals surface area contributed by atoms with Gasteiger partial charge in [-0.2, -0.15) is 14.7 Å². The smallest absolute Gasteiger partial charge is 0.236 e. The van der Waals surface area contributed by atoms with E-state index in [0.29, 0.717) is 24.3 Å². The first-order chi connectivity index (χ1) is 14.8. The van der Waals surface area contributed by atoms with Crippen LogP contribution in [0, 0.1) is 6.92 Å². The highest BCUT2D eigenvalue weighted by molar-refractivity contribution is 5.65. The van der Waals surface area contributed by atoms with Crippen LogP contribution in [0.1, 0.15) is 60.0 Å². The molecule has 0 aliphatic heterocycles. The third kappa shape index (κ3) is 2.76. The lowest BCUT2D eigenvalue weighted by atomic mass is 9.67. The molecule has 7 nitrogen and oxygen atoms in total. The Morgan fingerprint density at radius 3 is 2.37 bits per heavy atom. The molecule has 3 aliphatic carbocycles. The standard InChI is InChI=1S/C23H22N6O/c1-14-7-12-18(25-24-14)13-30-23-20-16-10-8-15(9-11-16)19(20)22-27-26-21(29(22)28-23)17-5-3-2-4-6-17/h2-7,12,15-16H,8-11,13H2,1H3. The van der Waals surface area contributed by atoms with Crippen molar-refractivity contribution >= 4 is 5.65 Å². The molecule has 0 amide bonds. The molecule has 0 spiro atoms. The molecule has 150 valence electrons. The highest BCUT2D eigenvalue weighted by Crippen LogP contribution is 2.53. The van der Waals surface area contributed by atoms with Gasteiger partial charge in [-0.05, 0) is 56.6 Å². The number of aryl methyl sites for hydroxylation is 1. The summed E-state index contributed by atoms with van der Waals surface area (Å²) in [6.07, 6.45) is 4.79. The fraction of sp³-hybridized carbons (Fsp3) is 0.348. The van der Waals surface area contributed by atoms with Crippen molar-refractivity contribution in [3.05, 3.63) is 65.0 Å². The predicted molar refractivity (Wildman–Crippen MR) is 111 cm³/mol. The van der Waals surface area contributed by atoms with Crippen LogP contribution in [0.25, 0.3) is 17.0 Å². The van der Waals surface area contributed by atoms with Gasteiger partial charge in [0.1, 0.15) is 12.3 Å². The van der Waals surface area contributed by atoms with Gasteiger partial charge in [-0.15, -0.1) is 15.3 Å². The van der Waals surface area contributed by atoms with Crippen molar-refractivity contribution in [3.63, 3.8) is 0 Å². The summed E-state index contributed by atoms with van der Waals surface area (Å²) in [7, 11) is 0. The highest BCUT2D eigenvalue weighted by Gasteiger charge is 2.39. The van der Waals surface area contributed by atoms with E-state index in [4.69, 9.17) is 9.84 Å². The Morgan fingerprint density at radius 2 is 1.63 bits per heavy atom. The molecule has 0 atom stereocenters. The van der Waals surface area contributed by atoms with Gasteiger partial charge in [-0.3, -0.25) is 0 Å². The van der Waals surface area contributed by atoms with E-state index in [0.717, 1.165) is 28.4 Å². The van der Waals surface area contributed by atoms with Crippen molar-refractivity contribution in [2.75, 3.05) is 0 Å². The number of ether oxygens (including phenoxy) is 1. The molecule has 1 aromatic carbocycles. The van der Waals surface area contributed by atoms with Gasteiger partial charge in [-0.25, -0.2) is 0 Å². The zero-order chi connectivity index (χ0) is 20.1. The summed E-state index contributed by atoms with van der Waals surface area (Å²) in [5.74, 6) is 2.42. The maximum atomic E-state index is 6.26. The van der Waals surface area contributed by atoms with E-state index in [1.54, 1.807) is 0 Å². The molecule has 7 heteroatoms. The van der Waals surface area contributed by atoms with Crippen LogP contribution < -0.4 is 4.74 Å². The molecule has 2 bridgehead atoms. The Balaban J connectivity index is 1.49. The summed E-state index contributed by atoms with van der Waals surface area (Å²) < 4.78 is 8.13. The van der Waals surface area contributed by atoms with Crippen molar-refractivity contribution in [1.29, 1.82) is 0 Å². The number of fused-ring (bicyclic) bond motifs is 3. The van der Waals surface area contributed by atoms with Crippen molar-refractivity contribution in [2.45, 2.75) is 51.0 Å². The van der Waals surface area contributed by atoms with Crippen LogP contribution in [0.4, 0.5) is 0 Å². The van der Waals surface area contributed by atoms with E-state index in [2.05, 4.69) is 20.4 Å². The predicted octanol–water partition coefficient (Wildman–Crippen LogP) is 4.22. The second-order valence-corrected chi connectivity index (χ2v) is 8.26. The molecular formula is C23H22N6O. The fourth-order valence-electron chi connectivity index (χ4n) is 4.91. The summed E-state index contributed by atoms with van der Waals surface area (Å²) in [4.78, 5) is 0. The molecule has 30 heavy (non-hydrogen) atoms. The third-order valence-corrected chi connectivity index (χ3v) is 6.38. The maximum Gasteiger partial charge on any atom is 0.236 e. The molecule has 7 rings (SSSR count). The minimum Gasteiger partial charge on any atom is -0.470 e. The Hall–Kier alpha value is -3.35.